The third-order valence-electron chi connectivity index (χ3n) is 2.66. The molecule has 114 valence electrons. The van der Waals surface area contributed by atoms with Crippen LogP contribution in [0, 0.1) is 6.92 Å². The highest BCUT2D eigenvalue weighted by Crippen LogP contribution is 2.18. The largest absolute Gasteiger partial charge is 0.381 e. The van der Waals surface area contributed by atoms with Crippen molar-refractivity contribution in [2.24, 2.45) is 5.73 Å². The van der Waals surface area contributed by atoms with Crippen LogP contribution in [0.1, 0.15) is 12.5 Å². The Morgan fingerprint density at radius 3 is 1.86 bits per heavy atom. The number of hydrogen-bond acceptors (Lipinski definition) is 2. The molecule has 0 aromatic heterocycles. The summed E-state index contributed by atoms with van der Waals surface area (Å²) in [6.45, 7) is 4.81. The Kier molecular flexibility index (Phi) is 11.9. The molecule has 0 aliphatic heterocycles. The molecule has 2 N–H and O–H groups in total. The van der Waals surface area contributed by atoms with Gasteiger partial charge in [0.05, 0.1) is 6.61 Å². The van der Waals surface area contributed by atoms with Crippen LogP contribution in [0.3, 0.4) is 0 Å². The predicted molar refractivity (Wildman–Crippen MR) is 93.4 cm³/mol. The first-order valence-corrected chi connectivity index (χ1v) is 7.08. The summed E-state index contributed by atoms with van der Waals surface area (Å²) >= 11 is 0. The summed E-state index contributed by atoms with van der Waals surface area (Å²) in [5.74, 6) is 0. The number of ether oxygens (including phenoxy) is 1. The van der Waals surface area contributed by atoms with Crippen LogP contribution >= 0.6 is 0 Å². The molecule has 0 fully saturated rings. The Labute approximate surface area is 129 Å². The lowest BCUT2D eigenvalue weighted by molar-refractivity contribution is 0.234. The van der Waals surface area contributed by atoms with Gasteiger partial charge in [0.15, 0.2) is 0 Å². The molecule has 0 aliphatic carbocycles. The van der Waals surface area contributed by atoms with Crippen LogP contribution in [0.2, 0.25) is 0 Å². The van der Waals surface area contributed by atoms with Gasteiger partial charge in [0.25, 0.3) is 0 Å². The van der Waals surface area contributed by atoms with E-state index in [4.69, 9.17) is 4.74 Å². The van der Waals surface area contributed by atoms with Crippen molar-refractivity contribution >= 4 is 0 Å². The van der Waals surface area contributed by atoms with E-state index < -0.39 is 0 Å². The maximum Gasteiger partial charge on any atom is 0.0643 e. The maximum atomic E-state index is 4.70. The molecule has 0 spiro atoms. The second kappa shape index (κ2) is 13.1. The second-order valence-corrected chi connectivity index (χ2v) is 4.26. The van der Waals surface area contributed by atoms with Gasteiger partial charge in [-0.05, 0) is 32.0 Å². The molecular weight excluding hydrogens is 258 g/mol. The van der Waals surface area contributed by atoms with Crippen molar-refractivity contribution in [2.45, 2.75) is 13.8 Å². The lowest BCUT2D eigenvalue weighted by Crippen LogP contribution is -1.77. The number of allylic oxidation sites excluding steroid dienone is 1. The van der Waals surface area contributed by atoms with Gasteiger partial charge in [0, 0.05) is 7.11 Å². The minimum absolute atomic E-state index is 0.733. The van der Waals surface area contributed by atoms with Crippen LogP contribution in [0.5, 0.6) is 0 Å². The monoisotopic (exact) mass is 285 g/mol. The molecule has 0 heterocycles. The number of hydrogen-bond donors (Lipinski definition) is 1. The van der Waals surface area contributed by atoms with Crippen LogP contribution in [0.15, 0.2) is 66.7 Å². The molecule has 21 heavy (non-hydrogen) atoms. The summed E-state index contributed by atoms with van der Waals surface area (Å²) in [5.41, 5.74) is 8.37. The summed E-state index contributed by atoms with van der Waals surface area (Å²) in [7, 11) is 3.18. The Morgan fingerprint density at radius 1 is 0.905 bits per heavy atom. The van der Waals surface area contributed by atoms with Gasteiger partial charge in [-0.2, -0.15) is 0 Å². The van der Waals surface area contributed by atoms with E-state index in [2.05, 4.69) is 61.2 Å². The molecule has 2 heteroatoms. The molecule has 0 saturated carbocycles. The standard InChI is InChI=1S/C13H12.C5H10O.CH5N/c1-11-7-9-13(10-8-11)12-5-3-2-4-6-12;1-3-4-5-6-2;1-2/h2-10H,1H3;3-4H,5H2,1-2H3;2H2,1H3/b;4-3+;. The van der Waals surface area contributed by atoms with Crippen LogP contribution in [-0.4, -0.2) is 20.8 Å². The average molecular weight is 285 g/mol. The van der Waals surface area contributed by atoms with E-state index in [1.807, 2.05) is 25.1 Å². The van der Waals surface area contributed by atoms with Gasteiger partial charge < -0.3 is 10.5 Å². The number of methoxy groups -OCH3 is 1. The number of benzene rings is 2. The van der Waals surface area contributed by atoms with E-state index in [-0.39, 0.29) is 0 Å². The number of rotatable bonds is 3. The van der Waals surface area contributed by atoms with E-state index in [9.17, 15) is 0 Å². The third kappa shape index (κ3) is 8.79. The van der Waals surface area contributed by atoms with E-state index in [0.717, 1.165) is 6.61 Å². The zero-order valence-electron chi connectivity index (χ0n) is 13.5. The average Bonchev–Trinajstić information content (AvgIpc) is 2.57. The quantitative estimate of drug-likeness (QED) is 0.846. The minimum atomic E-state index is 0.733. The van der Waals surface area contributed by atoms with Gasteiger partial charge in [-0.25, -0.2) is 0 Å². The fourth-order valence-corrected chi connectivity index (χ4v) is 1.57. The van der Waals surface area contributed by atoms with Gasteiger partial charge in [0.2, 0.25) is 0 Å². The van der Waals surface area contributed by atoms with E-state index in [0.29, 0.717) is 0 Å². The zero-order chi connectivity index (χ0) is 15.9. The molecule has 0 radical (unpaired) electrons. The number of aryl methyl sites for hydroxylation is 1. The van der Waals surface area contributed by atoms with Crippen molar-refractivity contribution in [3.63, 3.8) is 0 Å². The van der Waals surface area contributed by atoms with Crippen molar-refractivity contribution in [2.75, 3.05) is 20.8 Å². The summed E-state index contributed by atoms with van der Waals surface area (Å²) in [6.07, 6.45) is 3.92. The first kappa shape index (κ1) is 19.1. The molecule has 2 aromatic rings. The van der Waals surface area contributed by atoms with Gasteiger partial charge in [-0.15, -0.1) is 0 Å². The summed E-state index contributed by atoms with van der Waals surface area (Å²) in [5, 5.41) is 0. The van der Waals surface area contributed by atoms with Gasteiger partial charge in [-0.1, -0.05) is 72.3 Å². The molecule has 2 rings (SSSR count). The summed E-state index contributed by atoms with van der Waals surface area (Å²) in [6, 6.07) is 19.0. The third-order valence-corrected chi connectivity index (χ3v) is 2.66. The van der Waals surface area contributed by atoms with E-state index in [1.54, 1.807) is 7.11 Å². The topological polar surface area (TPSA) is 35.2 Å². The second-order valence-electron chi connectivity index (χ2n) is 4.26. The van der Waals surface area contributed by atoms with Crippen LogP contribution in [-0.2, 0) is 4.74 Å². The van der Waals surface area contributed by atoms with Gasteiger partial charge in [-0.3, -0.25) is 0 Å². The first-order chi connectivity index (χ1) is 10.3. The fraction of sp³-hybridized carbons (Fsp3) is 0.263. The maximum absolute atomic E-state index is 4.70. The van der Waals surface area contributed by atoms with Crippen LogP contribution in [0.4, 0.5) is 0 Å². The Morgan fingerprint density at radius 2 is 1.43 bits per heavy atom. The summed E-state index contributed by atoms with van der Waals surface area (Å²) < 4.78 is 4.70. The molecular formula is C19H27NO. The molecule has 0 amide bonds. The van der Waals surface area contributed by atoms with Gasteiger partial charge >= 0.3 is 0 Å². The minimum Gasteiger partial charge on any atom is -0.381 e. The zero-order valence-corrected chi connectivity index (χ0v) is 13.5. The van der Waals surface area contributed by atoms with Crippen LogP contribution < -0.4 is 5.73 Å². The lowest BCUT2D eigenvalue weighted by atomic mass is 10.0. The summed E-state index contributed by atoms with van der Waals surface area (Å²) in [4.78, 5) is 0. The van der Waals surface area contributed by atoms with Gasteiger partial charge in [0.1, 0.15) is 0 Å². The Bertz CT molecular complexity index is 475. The smallest absolute Gasteiger partial charge is 0.0643 e. The first-order valence-electron chi connectivity index (χ1n) is 7.08. The molecule has 0 unspecified atom stereocenters. The van der Waals surface area contributed by atoms with Crippen molar-refractivity contribution in [1.82, 2.24) is 0 Å². The SMILES string of the molecule is C/C=C/COC.CN.Cc1ccc(-c2ccccc2)cc1. The molecule has 0 atom stereocenters. The fourth-order valence-electron chi connectivity index (χ4n) is 1.57. The lowest BCUT2D eigenvalue weighted by Gasteiger charge is -2.00. The molecule has 0 aliphatic rings. The van der Waals surface area contributed by atoms with Crippen molar-refractivity contribution in [3.05, 3.63) is 72.3 Å². The molecule has 0 saturated heterocycles. The predicted octanol–water partition coefficient (Wildman–Crippen LogP) is 4.45. The van der Waals surface area contributed by atoms with Crippen molar-refractivity contribution in [3.8, 4) is 11.1 Å². The van der Waals surface area contributed by atoms with Crippen LogP contribution in [0.25, 0.3) is 11.1 Å². The molecule has 0 bridgehead atoms. The number of nitrogens with two attached hydrogens (primary N) is 1. The Balaban J connectivity index is 0.000000427. The highest BCUT2D eigenvalue weighted by molar-refractivity contribution is 5.63. The highest BCUT2D eigenvalue weighted by atomic mass is 16.5. The van der Waals surface area contributed by atoms with E-state index >= 15 is 0 Å². The van der Waals surface area contributed by atoms with Crippen molar-refractivity contribution < 1.29 is 4.74 Å². The molecule has 2 nitrogen and oxygen atoms in total. The van der Waals surface area contributed by atoms with E-state index in [1.165, 1.54) is 23.7 Å². The molecule has 2 aromatic carbocycles. The Hall–Kier alpha value is -1.90. The highest BCUT2D eigenvalue weighted by Gasteiger charge is 1.93. The normalized spacial score (nSPS) is 9.38. The van der Waals surface area contributed by atoms with Crippen molar-refractivity contribution in [1.29, 1.82) is 0 Å².